The van der Waals surface area contributed by atoms with Crippen LogP contribution in [0.4, 0.5) is 0 Å². The summed E-state index contributed by atoms with van der Waals surface area (Å²) in [6.07, 6.45) is 3.76. The first kappa shape index (κ1) is 27.4. The first-order chi connectivity index (χ1) is 24.8. The number of benzene rings is 7. The van der Waals surface area contributed by atoms with Crippen LogP contribution in [0.15, 0.2) is 170 Å². The molecule has 3 nitrogen and oxygen atoms in total. The SMILES string of the molecule is c1ccc2c(c1)Oc1c(-c3ccc4ccccc4c3-c3ccc4ccc5ccncc5c4n3)cccc1C21c2ccccc2-c2ccccc21. The summed E-state index contributed by atoms with van der Waals surface area (Å²) >= 11 is 0. The Kier molecular flexibility index (Phi) is 5.59. The summed E-state index contributed by atoms with van der Waals surface area (Å²) in [5.74, 6) is 1.76. The van der Waals surface area contributed by atoms with Gasteiger partial charge in [0.05, 0.1) is 16.6 Å². The van der Waals surface area contributed by atoms with Gasteiger partial charge in [-0.05, 0) is 62.2 Å². The number of nitrogens with zero attached hydrogens (tertiary/aromatic N) is 2. The standard InChI is InChI=1S/C47H28N2O/c1-2-11-32-29(10-1)22-24-35(44(32)42-25-23-31-21-20-30-26-27-48-28-37(30)45(31)49-42)36-14-9-18-41-46(36)50-43-19-8-7-17-40(43)47(41)38-15-5-3-12-33(38)34-13-4-6-16-39(34)47/h1-28H. The summed E-state index contributed by atoms with van der Waals surface area (Å²) in [6, 6.07) is 56.7. The summed E-state index contributed by atoms with van der Waals surface area (Å²) in [5.41, 5.74) is 12.0. The molecule has 11 rings (SSSR count). The van der Waals surface area contributed by atoms with Crippen molar-refractivity contribution in [3.63, 3.8) is 0 Å². The number of hydrogen-bond donors (Lipinski definition) is 0. The van der Waals surface area contributed by atoms with Gasteiger partial charge >= 0.3 is 0 Å². The number of aromatic nitrogens is 2. The Morgan fingerprint density at radius 1 is 0.440 bits per heavy atom. The Bertz CT molecular complexity index is 2830. The monoisotopic (exact) mass is 636 g/mol. The van der Waals surface area contributed by atoms with Gasteiger partial charge in [0.2, 0.25) is 0 Å². The number of hydrogen-bond acceptors (Lipinski definition) is 3. The van der Waals surface area contributed by atoms with E-state index in [1.807, 2.05) is 18.5 Å². The van der Waals surface area contributed by atoms with E-state index in [4.69, 9.17) is 9.72 Å². The number of pyridine rings is 2. The van der Waals surface area contributed by atoms with Crippen molar-refractivity contribution in [3.8, 4) is 45.0 Å². The van der Waals surface area contributed by atoms with Crippen molar-refractivity contribution in [1.82, 2.24) is 9.97 Å². The van der Waals surface area contributed by atoms with Crippen molar-refractivity contribution in [3.05, 3.63) is 192 Å². The Labute approximate surface area is 289 Å². The van der Waals surface area contributed by atoms with Gasteiger partial charge in [0.15, 0.2) is 0 Å². The molecule has 0 saturated heterocycles. The zero-order valence-corrected chi connectivity index (χ0v) is 27.0. The van der Waals surface area contributed by atoms with E-state index in [0.29, 0.717) is 0 Å². The first-order valence-electron chi connectivity index (χ1n) is 17.1. The Hall–Kier alpha value is -6.58. The fraction of sp³-hybridized carbons (Fsp3) is 0.0213. The van der Waals surface area contributed by atoms with E-state index < -0.39 is 5.41 Å². The minimum atomic E-state index is -0.530. The van der Waals surface area contributed by atoms with E-state index in [1.165, 1.54) is 27.6 Å². The highest BCUT2D eigenvalue weighted by Crippen LogP contribution is 2.63. The second kappa shape index (κ2) is 10.2. The van der Waals surface area contributed by atoms with Crippen LogP contribution in [0.25, 0.3) is 66.0 Å². The molecule has 0 N–H and O–H groups in total. The van der Waals surface area contributed by atoms with E-state index in [0.717, 1.165) is 72.1 Å². The van der Waals surface area contributed by atoms with Gasteiger partial charge in [-0.3, -0.25) is 4.98 Å². The zero-order valence-electron chi connectivity index (χ0n) is 27.0. The van der Waals surface area contributed by atoms with Crippen molar-refractivity contribution in [1.29, 1.82) is 0 Å². The molecule has 3 heteroatoms. The van der Waals surface area contributed by atoms with Gasteiger partial charge < -0.3 is 4.74 Å². The van der Waals surface area contributed by atoms with Crippen LogP contribution in [0, 0.1) is 0 Å². The highest BCUT2D eigenvalue weighted by molar-refractivity contribution is 6.08. The minimum Gasteiger partial charge on any atom is -0.456 e. The van der Waals surface area contributed by atoms with E-state index in [1.54, 1.807) is 0 Å². The molecule has 2 aromatic heterocycles. The summed E-state index contributed by atoms with van der Waals surface area (Å²) in [4.78, 5) is 9.87. The molecule has 50 heavy (non-hydrogen) atoms. The molecule has 2 aliphatic rings. The van der Waals surface area contributed by atoms with E-state index in [-0.39, 0.29) is 0 Å². The Morgan fingerprint density at radius 2 is 1.08 bits per heavy atom. The Balaban J connectivity index is 1.24. The maximum Gasteiger partial charge on any atom is 0.140 e. The molecule has 9 aromatic rings. The van der Waals surface area contributed by atoms with Gasteiger partial charge in [-0.15, -0.1) is 0 Å². The van der Waals surface area contributed by atoms with Crippen LogP contribution in [0.1, 0.15) is 22.3 Å². The Morgan fingerprint density at radius 3 is 1.94 bits per heavy atom. The first-order valence-corrected chi connectivity index (χ1v) is 17.1. The molecule has 1 spiro atoms. The summed E-state index contributed by atoms with van der Waals surface area (Å²) in [5, 5.41) is 5.58. The molecule has 0 amide bonds. The lowest BCUT2D eigenvalue weighted by atomic mass is 9.65. The molecule has 3 heterocycles. The second-order valence-corrected chi connectivity index (χ2v) is 13.3. The zero-order chi connectivity index (χ0) is 32.8. The summed E-state index contributed by atoms with van der Waals surface area (Å²) in [7, 11) is 0. The normalized spacial score (nSPS) is 13.5. The highest BCUT2D eigenvalue weighted by Gasteiger charge is 2.51. The largest absolute Gasteiger partial charge is 0.456 e. The lowest BCUT2D eigenvalue weighted by Crippen LogP contribution is -2.32. The van der Waals surface area contributed by atoms with Crippen LogP contribution in [-0.2, 0) is 5.41 Å². The molecule has 232 valence electrons. The van der Waals surface area contributed by atoms with Crippen molar-refractivity contribution in [2.24, 2.45) is 0 Å². The van der Waals surface area contributed by atoms with Gasteiger partial charge in [0.25, 0.3) is 0 Å². The van der Waals surface area contributed by atoms with Crippen molar-refractivity contribution in [2.75, 3.05) is 0 Å². The second-order valence-electron chi connectivity index (χ2n) is 13.3. The van der Waals surface area contributed by atoms with E-state index in [2.05, 4.69) is 157 Å². The topological polar surface area (TPSA) is 35.0 Å². The number of rotatable bonds is 2. The average molecular weight is 637 g/mol. The third-order valence-corrected chi connectivity index (χ3v) is 10.8. The summed E-state index contributed by atoms with van der Waals surface area (Å²) in [6.45, 7) is 0. The molecule has 0 atom stereocenters. The lowest BCUT2D eigenvalue weighted by molar-refractivity contribution is 0.438. The molecule has 0 radical (unpaired) electrons. The quantitative estimate of drug-likeness (QED) is 0.177. The van der Waals surface area contributed by atoms with Crippen LogP contribution in [0.3, 0.4) is 0 Å². The molecule has 7 aromatic carbocycles. The van der Waals surface area contributed by atoms with E-state index in [9.17, 15) is 0 Å². The molecular weight excluding hydrogens is 609 g/mol. The maximum absolute atomic E-state index is 7.08. The van der Waals surface area contributed by atoms with E-state index >= 15 is 0 Å². The van der Waals surface area contributed by atoms with Gasteiger partial charge in [-0.1, -0.05) is 140 Å². The fourth-order valence-electron chi connectivity index (χ4n) is 8.75. The van der Waals surface area contributed by atoms with Crippen LogP contribution in [0.2, 0.25) is 0 Å². The number of para-hydroxylation sites is 2. The third-order valence-electron chi connectivity index (χ3n) is 10.8. The van der Waals surface area contributed by atoms with Gasteiger partial charge in [-0.25, -0.2) is 4.98 Å². The third kappa shape index (κ3) is 3.58. The molecule has 0 unspecified atom stereocenters. The van der Waals surface area contributed by atoms with Crippen molar-refractivity contribution < 1.29 is 4.74 Å². The van der Waals surface area contributed by atoms with Crippen LogP contribution in [0.5, 0.6) is 11.5 Å². The van der Waals surface area contributed by atoms with Crippen molar-refractivity contribution >= 4 is 32.4 Å². The van der Waals surface area contributed by atoms with Gasteiger partial charge in [-0.2, -0.15) is 0 Å². The molecule has 0 bridgehead atoms. The summed E-state index contributed by atoms with van der Waals surface area (Å²) < 4.78 is 7.08. The maximum atomic E-state index is 7.08. The molecule has 1 aliphatic carbocycles. The number of ether oxygens (including phenoxy) is 1. The highest BCUT2D eigenvalue weighted by atomic mass is 16.5. The molecule has 0 fully saturated rings. The van der Waals surface area contributed by atoms with Crippen LogP contribution < -0.4 is 4.74 Å². The molecular formula is C47H28N2O. The van der Waals surface area contributed by atoms with Crippen LogP contribution >= 0.6 is 0 Å². The molecule has 0 saturated carbocycles. The predicted molar refractivity (Wildman–Crippen MR) is 203 cm³/mol. The van der Waals surface area contributed by atoms with Crippen LogP contribution in [-0.4, -0.2) is 9.97 Å². The number of fused-ring (bicyclic) bond motifs is 13. The minimum absolute atomic E-state index is 0.530. The fourth-order valence-corrected chi connectivity index (χ4v) is 8.75. The predicted octanol–water partition coefficient (Wildman–Crippen LogP) is 11.7. The smallest absolute Gasteiger partial charge is 0.140 e. The van der Waals surface area contributed by atoms with Gasteiger partial charge in [0.1, 0.15) is 11.5 Å². The molecule has 1 aliphatic heterocycles. The lowest BCUT2D eigenvalue weighted by Gasteiger charge is -2.40. The van der Waals surface area contributed by atoms with Gasteiger partial charge in [0, 0.05) is 45.4 Å². The van der Waals surface area contributed by atoms with Crippen molar-refractivity contribution in [2.45, 2.75) is 5.41 Å². The average Bonchev–Trinajstić information content (AvgIpc) is 3.48.